The molecule has 0 fully saturated rings. The molecule has 4 nitrogen and oxygen atoms in total. The first-order chi connectivity index (χ1) is 9.76. The van der Waals surface area contributed by atoms with Gasteiger partial charge in [0.05, 0.1) is 24.2 Å². The summed E-state index contributed by atoms with van der Waals surface area (Å²) in [4.78, 5) is 0. The summed E-state index contributed by atoms with van der Waals surface area (Å²) < 4.78 is 12.0. The molecular weight excluding hydrogens is 320 g/mol. The Morgan fingerprint density at radius 3 is 2.75 bits per heavy atom. The van der Waals surface area contributed by atoms with Crippen molar-refractivity contribution in [3.63, 3.8) is 0 Å². The summed E-state index contributed by atoms with van der Waals surface area (Å²) in [5, 5.41) is 7.95. The van der Waals surface area contributed by atoms with Crippen molar-refractivity contribution in [2.45, 2.75) is 6.61 Å². The maximum absolute atomic E-state index is 5.89. The minimum Gasteiger partial charge on any atom is -0.497 e. The van der Waals surface area contributed by atoms with E-state index in [1.54, 1.807) is 13.3 Å². The normalized spacial score (nSPS) is 10.7. The van der Waals surface area contributed by atoms with Crippen molar-refractivity contribution in [2.75, 3.05) is 7.11 Å². The van der Waals surface area contributed by atoms with Crippen molar-refractivity contribution < 1.29 is 9.47 Å². The van der Waals surface area contributed by atoms with Crippen LogP contribution in [0.15, 0.2) is 47.1 Å². The van der Waals surface area contributed by atoms with E-state index in [0.29, 0.717) is 6.61 Å². The number of H-pyrrole nitrogens is 1. The molecule has 1 heterocycles. The highest BCUT2D eigenvalue weighted by molar-refractivity contribution is 9.10. The Balaban J connectivity index is 1.80. The number of aromatic nitrogens is 2. The first-order valence-corrected chi connectivity index (χ1v) is 6.94. The summed E-state index contributed by atoms with van der Waals surface area (Å²) in [7, 11) is 1.66. The van der Waals surface area contributed by atoms with Crippen LogP contribution in [0.1, 0.15) is 5.56 Å². The minimum absolute atomic E-state index is 0.501. The van der Waals surface area contributed by atoms with Gasteiger partial charge in [-0.15, -0.1) is 0 Å². The van der Waals surface area contributed by atoms with Crippen LogP contribution in [0.4, 0.5) is 0 Å². The topological polar surface area (TPSA) is 47.1 Å². The Morgan fingerprint density at radius 2 is 2.00 bits per heavy atom. The van der Waals surface area contributed by atoms with Crippen LogP contribution in [0.25, 0.3) is 10.9 Å². The van der Waals surface area contributed by atoms with Crippen LogP contribution < -0.4 is 9.47 Å². The molecule has 0 aliphatic heterocycles. The molecule has 20 heavy (non-hydrogen) atoms. The van der Waals surface area contributed by atoms with Crippen LogP contribution in [-0.2, 0) is 6.61 Å². The van der Waals surface area contributed by atoms with Crippen LogP contribution in [0.3, 0.4) is 0 Å². The van der Waals surface area contributed by atoms with Crippen LogP contribution >= 0.6 is 15.9 Å². The number of nitrogens with one attached hydrogen (secondary N) is 1. The second kappa shape index (κ2) is 5.54. The predicted molar refractivity (Wildman–Crippen MR) is 81.1 cm³/mol. The third-order valence-electron chi connectivity index (χ3n) is 3.04. The van der Waals surface area contributed by atoms with Crippen LogP contribution in [0, 0.1) is 0 Å². The fourth-order valence-electron chi connectivity index (χ4n) is 1.99. The molecule has 0 saturated carbocycles. The number of nitrogens with zero attached hydrogens (tertiary/aromatic N) is 1. The molecule has 0 saturated heterocycles. The smallest absolute Gasteiger partial charge is 0.131 e. The lowest BCUT2D eigenvalue weighted by Gasteiger charge is -2.08. The number of hydrogen-bond acceptors (Lipinski definition) is 3. The zero-order valence-electron chi connectivity index (χ0n) is 10.9. The van der Waals surface area contributed by atoms with E-state index in [4.69, 9.17) is 9.47 Å². The van der Waals surface area contributed by atoms with Gasteiger partial charge in [0.15, 0.2) is 0 Å². The highest BCUT2D eigenvalue weighted by atomic mass is 79.9. The van der Waals surface area contributed by atoms with Crippen LogP contribution in [-0.4, -0.2) is 17.3 Å². The zero-order valence-corrected chi connectivity index (χ0v) is 12.5. The monoisotopic (exact) mass is 332 g/mol. The van der Waals surface area contributed by atoms with Crippen molar-refractivity contribution >= 4 is 26.8 Å². The number of methoxy groups -OCH3 is 1. The van der Waals surface area contributed by atoms with Gasteiger partial charge < -0.3 is 9.47 Å². The summed E-state index contributed by atoms with van der Waals surface area (Å²) in [5.41, 5.74) is 2.03. The fraction of sp³-hybridized carbons (Fsp3) is 0.133. The molecule has 0 aliphatic rings. The Kier molecular flexibility index (Phi) is 3.60. The van der Waals surface area contributed by atoms with E-state index in [2.05, 4.69) is 26.1 Å². The average Bonchev–Trinajstić information content (AvgIpc) is 2.93. The van der Waals surface area contributed by atoms with E-state index in [1.165, 1.54) is 0 Å². The van der Waals surface area contributed by atoms with Gasteiger partial charge in [-0.05, 0) is 29.8 Å². The highest BCUT2D eigenvalue weighted by Gasteiger charge is 2.06. The summed E-state index contributed by atoms with van der Waals surface area (Å²) >= 11 is 3.47. The van der Waals surface area contributed by atoms with E-state index in [0.717, 1.165) is 32.4 Å². The molecule has 1 N–H and O–H groups in total. The number of rotatable bonds is 4. The van der Waals surface area contributed by atoms with Crippen molar-refractivity contribution in [3.8, 4) is 11.5 Å². The third-order valence-corrected chi connectivity index (χ3v) is 3.50. The van der Waals surface area contributed by atoms with Crippen molar-refractivity contribution in [1.29, 1.82) is 0 Å². The first kappa shape index (κ1) is 13.0. The van der Waals surface area contributed by atoms with Crippen molar-refractivity contribution in [3.05, 3.63) is 52.6 Å². The molecule has 0 bridgehead atoms. The average molecular weight is 333 g/mol. The standard InChI is InChI=1S/C15H13BrN2O2/c1-19-12-4-2-10(3-5-12)9-20-15-7-11(16)6-14-13(15)8-17-18-14/h2-8H,9H2,1H3,(H,17,18). The van der Waals surface area contributed by atoms with Gasteiger partial charge in [0.2, 0.25) is 0 Å². The van der Waals surface area contributed by atoms with Gasteiger partial charge in [0.1, 0.15) is 18.1 Å². The van der Waals surface area contributed by atoms with Gasteiger partial charge >= 0.3 is 0 Å². The molecule has 5 heteroatoms. The molecular formula is C15H13BrN2O2. The number of benzene rings is 2. The van der Waals surface area contributed by atoms with Gasteiger partial charge in [-0.2, -0.15) is 5.10 Å². The van der Waals surface area contributed by atoms with Crippen LogP contribution in [0.2, 0.25) is 0 Å². The summed E-state index contributed by atoms with van der Waals surface area (Å²) in [6.45, 7) is 0.501. The van der Waals surface area contributed by atoms with Gasteiger partial charge in [0.25, 0.3) is 0 Å². The van der Waals surface area contributed by atoms with E-state index in [-0.39, 0.29) is 0 Å². The molecule has 0 amide bonds. The molecule has 3 aromatic rings. The molecule has 1 aromatic heterocycles. The molecule has 0 radical (unpaired) electrons. The lowest BCUT2D eigenvalue weighted by atomic mass is 10.2. The lowest BCUT2D eigenvalue weighted by Crippen LogP contribution is -1.96. The predicted octanol–water partition coefficient (Wildman–Crippen LogP) is 3.91. The Bertz CT molecular complexity index is 722. The maximum atomic E-state index is 5.89. The number of hydrogen-bond donors (Lipinski definition) is 1. The second-order valence-corrected chi connectivity index (χ2v) is 5.29. The largest absolute Gasteiger partial charge is 0.497 e. The number of fused-ring (bicyclic) bond motifs is 1. The fourth-order valence-corrected chi connectivity index (χ4v) is 2.42. The SMILES string of the molecule is COc1ccc(COc2cc(Br)cc3[nH]ncc23)cc1. The van der Waals surface area contributed by atoms with Crippen molar-refractivity contribution in [2.24, 2.45) is 0 Å². The second-order valence-electron chi connectivity index (χ2n) is 4.37. The molecule has 3 rings (SSSR count). The summed E-state index contributed by atoms with van der Waals surface area (Å²) in [6, 6.07) is 11.7. The lowest BCUT2D eigenvalue weighted by molar-refractivity contribution is 0.309. The maximum Gasteiger partial charge on any atom is 0.131 e. The van der Waals surface area contributed by atoms with Gasteiger partial charge in [0, 0.05) is 4.47 Å². The van der Waals surface area contributed by atoms with E-state index in [1.807, 2.05) is 36.4 Å². The van der Waals surface area contributed by atoms with E-state index >= 15 is 0 Å². The summed E-state index contributed by atoms with van der Waals surface area (Å²) in [5.74, 6) is 1.65. The number of halogens is 1. The van der Waals surface area contributed by atoms with Gasteiger partial charge in [-0.25, -0.2) is 0 Å². The summed E-state index contributed by atoms with van der Waals surface area (Å²) in [6.07, 6.45) is 1.77. The molecule has 2 aromatic carbocycles. The van der Waals surface area contributed by atoms with E-state index < -0.39 is 0 Å². The Labute approximate surface area is 124 Å². The first-order valence-electron chi connectivity index (χ1n) is 6.14. The zero-order chi connectivity index (χ0) is 13.9. The minimum atomic E-state index is 0.501. The third kappa shape index (κ3) is 2.63. The molecule has 0 aliphatic carbocycles. The molecule has 0 atom stereocenters. The molecule has 102 valence electrons. The quantitative estimate of drug-likeness (QED) is 0.787. The molecule has 0 spiro atoms. The van der Waals surface area contributed by atoms with Crippen molar-refractivity contribution in [1.82, 2.24) is 10.2 Å². The number of aromatic amines is 1. The van der Waals surface area contributed by atoms with Crippen LogP contribution in [0.5, 0.6) is 11.5 Å². The number of ether oxygens (including phenoxy) is 2. The highest BCUT2D eigenvalue weighted by Crippen LogP contribution is 2.29. The van der Waals surface area contributed by atoms with Gasteiger partial charge in [-0.1, -0.05) is 28.1 Å². The Hall–Kier alpha value is -2.01. The van der Waals surface area contributed by atoms with Gasteiger partial charge in [-0.3, -0.25) is 5.10 Å². The Morgan fingerprint density at radius 1 is 1.20 bits per heavy atom. The van der Waals surface area contributed by atoms with E-state index in [9.17, 15) is 0 Å². The molecule has 0 unspecified atom stereocenters.